The van der Waals surface area contributed by atoms with Crippen molar-refractivity contribution >= 4 is 0 Å². The van der Waals surface area contributed by atoms with Crippen LogP contribution in [0.4, 0.5) is 0 Å². The molecule has 0 aliphatic carbocycles. The number of hydrogen-bond donors (Lipinski definition) is 0. The summed E-state index contributed by atoms with van der Waals surface area (Å²) in [4.78, 5) is 0. The lowest BCUT2D eigenvalue weighted by atomic mass is 10.2. The molecule has 2 unspecified atom stereocenters. The van der Waals surface area contributed by atoms with Crippen LogP contribution in [0.25, 0.3) is 0 Å². The maximum absolute atomic E-state index is 6.24. The van der Waals surface area contributed by atoms with Gasteiger partial charge in [0, 0.05) is 41.3 Å². The van der Waals surface area contributed by atoms with E-state index < -0.39 is 12.6 Å². The minimum absolute atomic E-state index is 0.209. The summed E-state index contributed by atoms with van der Waals surface area (Å²) in [5.74, 6) is 0. The maximum Gasteiger partial charge on any atom is 0.180 e. The third-order valence-corrected chi connectivity index (χ3v) is 5.60. The van der Waals surface area contributed by atoms with E-state index in [9.17, 15) is 0 Å². The van der Waals surface area contributed by atoms with Gasteiger partial charge in [-0.25, -0.2) is 0 Å². The highest BCUT2D eigenvalue weighted by molar-refractivity contribution is 4.90. The van der Waals surface area contributed by atoms with Gasteiger partial charge in [-0.05, 0) is 37.8 Å². The Balaban J connectivity index is 5.01. The lowest BCUT2D eigenvalue weighted by Crippen LogP contribution is -2.25. The van der Waals surface area contributed by atoms with Crippen molar-refractivity contribution in [3.05, 3.63) is 24.3 Å². The largest absolute Gasteiger partial charge is 0.356 e. The summed E-state index contributed by atoms with van der Waals surface area (Å²) in [6.07, 6.45) is 19.0. The molecule has 0 aromatic heterocycles. The Morgan fingerprint density at radius 2 is 0.943 bits per heavy atom. The topological polar surface area (TPSA) is 64.6 Å². The molecule has 0 fully saturated rings. The van der Waals surface area contributed by atoms with Gasteiger partial charge in [0.1, 0.15) is 0 Å². The highest BCUT2D eigenvalue weighted by atomic mass is 16.8. The van der Waals surface area contributed by atoms with E-state index in [-0.39, 0.29) is 12.6 Å². The fourth-order valence-electron chi connectivity index (χ4n) is 3.41. The quantitative estimate of drug-likeness (QED) is 0.0735. The average Bonchev–Trinajstić information content (AvgIpc) is 2.88. The van der Waals surface area contributed by atoms with Crippen molar-refractivity contribution in [2.75, 3.05) is 41.7 Å². The van der Waals surface area contributed by atoms with Gasteiger partial charge in [0.2, 0.25) is 0 Å². The van der Waals surface area contributed by atoms with E-state index in [4.69, 9.17) is 33.2 Å². The summed E-state index contributed by atoms with van der Waals surface area (Å²) >= 11 is 0. The van der Waals surface area contributed by atoms with Crippen molar-refractivity contribution < 1.29 is 33.2 Å². The summed E-state index contributed by atoms with van der Waals surface area (Å²) in [5, 5.41) is 0. The molecular formula is C28H54O7. The molecule has 0 aromatic rings. The number of unbranched alkanes of at least 4 members (excludes halogenated alkanes) is 6. The molecule has 0 amide bonds. The summed E-state index contributed by atoms with van der Waals surface area (Å²) in [7, 11) is 6.61. The molecule has 0 saturated heterocycles. The van der Waals surface area contributed by atoms with Gasteiger partial charge < -0.3 is 33.2 Å². The van der Waals surface area contributed by atoms with Gasteiger partial charge >= 0.3 is 0 Å². The van der Waals surface area contributed by atoms with E-state index in [2.05, 4.69) is 26.0 Å². The van der Waals surface area contributed by atoms with E-state index in [1.165, 1.54) is 25.7 Å². The molecule has 7 heteroatoms. The highest BCUT2D eigenvalue weighted by Gasteiger charge is 2.14. The highest BCUT2D eigenvalue weighted by Crippen LogP contribution is 2.12. The predicted molar refractivity (Wildman–Crippen MR) is 141 cm³/mol. The van der Waals surface area contributed by atoms with E-state index >= 15 is 0 Å². The molecule has 2 atom stereocenters. The van der Waals surface area contributed by atoms with Crippen molar-refractivity contribution in [3.63, 3.8) is 0 Å². The van der Waals surface area contributed by atoms with Crippen LogP contribution in [0.3, 0.4) is 0 Å². The molecule has 0 rings (SSSR count). The van der Waals surface area contributed by atoms with Crippen LogP contribution in [-0.4, -0.2) is 66.8 Å². The standard InChI is InChI=1S/C28H54O7/c1-7-9-11-17-23-33-27(21-15-13-19-25(29-3)30-4)35-28(34-24-18-12-10-8-2)22-16-14-20-26(31-5)32-6/h15-16,21-22,25-28H,7-14,17-20,23-24H2,1-6H3. The monoisotopic (exact) mass is 502 g/mol. The van der Waals surface area contributed by atoms with Crippen LogP contribution in [0, 0.1) is 0 Å². The van der Waals surface area contributed by atoms with Gasteiger partial charge in [-0.3, -0.25) is 0 Å². The van der Waals surface area contributed by atoms with E-state index in [1.807, 2.05) is 12.2 Å². The molecule has 0 spiro atoms. The summed E-state index contributed by atoms with van der Waals surface area (Å²) in [5.41, 5.74) is 0. The second-order valence-electron chi connectivity index (χ2n) is 8.55. The van der Waals surface area contributed by atoms with Gasteiger partial charge in [0.25, 0.3) is 0 Å². The predicted octanol–water partition coefficient (Wildman–Crippen LogP) is 6.76. The smallest absolute Gasteiger partial charge is 0.180 e. The number of hydrogen-bond acceptors (Lipinski definition) is 7. The fraction of sp³-hybridized carbons (Fsp3) is 0.857. The number of ether oxygens (including phenoxy) is 7. The number of methoxy groups -OCH3 is 4. The molecule has 35 heavy (non-hydrogen) atoms. The first-order chi connectivity index (χ1) is 17.1. The van der Waals surface area contributed by atoms with Crippen LogP contribution in [0.15, 0.2) is 24.3 Å². The minimum Gasteiger partial charge on any atom is -0.356 e. The molecule has 0 heterocycles. The second kappa shape index (κ2) is 26.3. The Hall–Kier alpha value is -0.800. The number of rotatable bonds is 26. The lowest BCUT2D eigenvalue weighted by molar-refractivity contribution is -0.208. The third-order valence-electron chi connectivity index (χ3n) is 5.60. The Morgan fingerprint density at radius 3 is 1.29 bits per heavy atom. The van der Waals surface area contributed by atoms with Gasteiger partial charge in [-0.2, -0.15) is 0 Å². The van der Waals surface area contributed by atoms with Crippen molar-refractivity contribution in [2.45, 2.75) is 116 Å². The molecule has 0 radical (unpaired) electrons. The van der Waals surface area contributed by atoms with Crippen LogP contribution >= 0.6 is 0 Å². The lowest BCUT2D eigenvalue weighted by Gasteiger charge is -2.22. The Morgan fingerprint density at radius 1 is 0.543 bits per heavy atom. The average molecular weight is 503 g/mol. The van der Waals surface area contributed by atoms with E-state index in [1.54, 1.807) is 28.4 Å². The third kappa shape index (κ3) is 21.0. The molecule has 7 nitrogen and oxygen atoms in total. The molecule has 0 aliphatic rings. The van der Waals surface area contributed by atoms with Gasteiger partial charge in [-0.1, -0.05) is 64.5 Å². The van der Waals surface area contributed by atoms with Crippen molar-refractivity contribution in [3.8, 4) is 0 Å². The van der Waals surface area contributed by atoms with Crippen LogP contribution in [-0.2, 0) is 33.2 Å². The minimum atomic E-state index is -0.476. The number of allylic oxidation sites excluding steroid dienone is 2. The Kier molecular flexibility index (Phi) is 25.7. The molecule has 0 saturated carbocycles. The first-order valence-corrected chi connectivity index (χ1v) is 13.5. The van der Waals surface area contributed by atoms with Crippen LogP contribution in [0.1, 0.15) is 90.9 Å². The molecule has 0 bridgehead atoms. The van der Waals surface area contributed by atoms with Crippen LogP contribution in [0.5, 0.6) is 0 Å². The van der Waals surface area contributed by atoms with Crippen molar-refractivity contribution in [1.29, 1.82) is 0 Å². The Bertz CT molecular complexity index is 434. The Labute approximate surface area is 215 Å². The van der Waals surface area contributed by atoms with Crippen LogP contribution in [0.2, 0.25) is 0 Å². The van der Waals surface area contributed by atoms with E-state index in [0.717, 1.165) is 51.4 Å². The second-order valence-corrected chi connectivity index (χ2v) is 8.55. The van der Waals surface area contributed by atoms with Gasteiger partial charge in [0.05, 0.1) is 13.2 Å². The molecule has 208 valence electrons. The van der Waals surface area contributed by atoms with Crippen molar-refractivity contribution in [1.82, 2.24) is 0 Å². The maximum atomic E-state index is 6.24. The normalized spacial score (nSPS) is 14.2. The summed E-state index contributed by atoms with van der Waals surface area (Å²) in [6.45, 7) is 5.73. The van der Waals surface area contributed by atoms with Gasteiger partial charge in [-0.15, -0.1) is 0 Å². The van der Waals surface area contributed by atoms with E-state index in [0.29, 0.717) is 13.2 Å². The van der Waals surface area contributed by atoms with Crippen molar-refractivity contribution in [2.24, 2.45) is 0 Å². The van der Waals surface area contributed by atoms with Gasteiger partial charge in [0.15, 0.2) is 25.2 Å². The summed E-state index contributed by atoms with van der Waals surface area (Å²) in [6, 6.07) is 0. The zero-order valence-corrected chi connectivity index (χ0v) is 23.4. The first kappa shape index (κ1) is 34.2. The summed E-state index contributed by atoms with van der Waals surface area (Å²) < 4.78 is 39.5. The first-order valence-electron chi connectivity index (χ1n) is 13.5. The molecular weight excluding hydrogens is 448 g/mol. The zero-order chi connectivity index (χ0) is 26.0. The molecule has 0 aliphatic heterocycles. The molecule has 0 N–H and O–H groups in total. The fourth-order valence-corrected chi connectivity index (χ4v) is 3.41. The molecule has 0 aromatic carbocycles. The SMILES string of the molecule is CCCCCCOC(C=CCCC(OC)OC)OC(C=CCCC(OC)OC)OCCCCCC. The van der Waals surface area contributed by atoms with Crippen LogP contribution < -0.4 is 0 Å². The zero-order valence-electron chi connectivity index (χ0n) is 23.4.